The summed E-state index contributed by atoms with van der Waals surface area (Å²) in [5.74, 6) is -4.91. The Bertz CT molecular complexity index is 874. The molecule has 2 amide bonds. The molecular formula is C16H10ClF5N2O3. The highest BCUT2D eigenvalue weighted by Crippen LogP contribution is 2.27. The highest BCUT2D eigenvalue weighted by atomic mass is 35.5. The van der Waals surface area contributed by atoms with Crippen LogP contribution in [0.2, 0.25) is 5.02 Å². The monoisotopic (exact) mass is 408 g/mol. The van der Waals surface area contributed by atoms with Crippen LogP contribution >= 0.6 is 11.6 Å². The van der Waals surface area contributed by atoms with Crippen molar-refractivity contribution in [3.63, 3.8) is 0 Å². The number of nitrogens with one attached hydrogen (secondary N) is 2. The Labute approximate surface area is 154 Å². The van der Waals surface area contributed by atoms with E-state index in [4.69, 9.17) is 11.6 Å². The number of amides is 2. The molecule has 0 aliphatic heterocycles. The van der Waals surface area contributed by atoms with E-state index < -0.39 is 47.8 Å². The van der Waals surface area contributed by atoms with Gasteiger partial charge in [0, 0.05) is 0 Å². The SMILES string of the molecule is O=C(COC(F)(F)F)Nc1c(F)ccc(NC(=O)c2ccccc2Cl)c1F. The Morgan fingerprint density at radius 2 is 1.70 bits per heavy atom. The Morgan fingerprint density at radius 1 is 1.04 bits per heavy atom. The molecule has 11 heteroatoms. The van der Waals surface area contributed by atoms with Gasteiger partial charge >= 0.3 is 6.36 Å². The van der Waals surface area contributed by atoms with Crippen LogP contribution < -0.4 is 10.6 Å². The zero-order valence-electron chi connectivity index (χ0n) is 13.2. The molecule has 0 aromatic heterocycles. The third-order valence-corrected chi connectivity index (χ3v) is 3.42. The minimum Gasteiger partial charge on any atom is -0.319 e. The van der Waals surface area contributed by atoms with E-state index in [0.29, 0.717) is 6.07 Å². The van der Waals surface area contributed by atoms with Gasteiger partial charge in [-0.05, 0) is 24.3 Å². The highest BCUT2D eigenvalue weighted by Gasteiger charge is 2.30. The predicted octanol–water partition coefficient (Wildman–Crippen LogP) is 4.35. The predicted molar refractivity (Wildman–Crippen MR) is 86.4 cm³/mol. The molecule has 0 atom stereocenters. The Morgan fingerprint density at radius 3 is 2.33 bits per heavy atom. The molecule has 0 saturated heterocycles. The average molecular weight is 409 g/mol. The summed E-state index contributed by atoms with van der Waals surface area (Å²) in [6.45, 7) is -1.50. The van der Waals surface area contributed by atoms with Gasteiger partial charge in [-0.2, -0.15) is 0 Å². The summed E-state index contributed by atoms with van der Waals surface area (Å²) < 4.78 is 67.1. The van der Waals surface area contributed by atoms with Crippen LogP contribution in [0.4, 0.5) is 33.3 Å². The molecule has 2 rings (SSSR count). The molecule has 0 heterocycles. The van der Waals surface area contributed by atoms with E-state index >= 15 is 0 Å². The third-order valence-electron chi connectivity index (χ3n) is 3.09. The van der Waals surface area contributed by atoms with Gasteiger partial charge in [0.25, 0.3) is 11.8 Å². The first-order valence-electron chi connectivity index (χ1n) is 7.13. The number of hydrogen-bond donors (Lipinski definition) is 2. The number of carbonyl (C=O) groups is 2. The van der Waals surface area contributed by atoms with Crippen molar-refractivity contribution in [1.29, 1.82) is 0 Å². The van der Waals surface area contributed by atoms with Gasteiger partial charge in [0.2, 0.25) is 0 Å². The van der Waals surface area contributed by atoms with Crippen LogP contribution in [0, 0.1) is 11.6 Å². The van der Waals surface area contributed by atoms with Gasteiger partial charge in [-0.3, -0.25) is 14.3 Å². The first-order chi connectivity index (χ1) is 12.6. The van der Waals surface area contributed by atoms with Crippen molar-refractivity contribution in [3.05, 3.63) is 58.6 Å². The summed E-state index contributed by atoms with van der Waals surface area (Å²) in [4.78, 5) is 23.5. The molecule has 0 aliphatic carbocycles. The van der Waals surface area contributed by atoms with E-state index in [1.54, 1.807) is 11.4 Å². The minimum atomic E-state index is -5.08. The fourth-order valence-corrected chi connectivity index (χ4v) is 2.14. The summed E-state index contributed by atoms with van der Waals surface area (Å²) in [6.07, 6.45) is -5.08. The van der Waals surface area contributed by atoms with Crippen molar-refractivity contribution < 1.29 is 36.3 Å². The van der Waals surface area contributed by atoms with Gasteiger partial charge in [-0.1, -0.05) is 23.7 Å². The number of rotatable bonds is 5. The summed E-state index contributed by atoms with van der Waals surface area (Å²) in [7, 11) is 0. The first kappa shape index (κ1) is 20.6. The molecule has 27 heavy (non-hydrogen) atoms. The molecule has 2 N–H and O–H groups in total. The van der Waals surface area contributed by atoms with Gasteiger partial charge in [0.05, 0.1) is 16.3 Å². The maximum absolute atomic E-state index is 14.4. The van der Waals surface area contributed by atoms with Crippen LogP contribution in [0.25, 0.3) is 0 Å². The lowest BCUT2D eigenvalue weighted by Gasteiger charge is -2.13. The second-order valence-electron chi connectivity index (χ2n) is 5.00. The van der Waals surface area contributed by atoms with E-state index in [-0.39, 0.29) is 10.6 Å². The Balaban J connectivity index is 2.18. The van der Waals surface area contributed by atoms with Crippen LogP contribution in [0.3, 0.4) is 0 Å². The molecule has 5 nitrogen and oxygen atoms in total. The minimum absolute atomic E-state index is 0.00653. The molecule has 0 aliphatic rings. The number of hydrogen-bond acceptors (Lipinski definition) is 3. The lowest BCUT2D eigenvalue weighted by Crippen LogP contribution is -2.25. The molecule has 0 radical (unpaired) electrons. The fourth-order valence-electron chi connectivity index (χ4n) is 1.92. The van der Waals surface area contributed by atoms with E-state index in [1.165, 1.54) is 18.2 Å². The average Bonchev–Trinajstić information content (AvgIpc) is 2.59. The van der Waals surface area contributed by atoms with Crippen molar-refractivity contribution in [2.75, 3.05) is 17.2 Å². The maximum Gasteiger partial charge on any atom is 0.523 e. The lowest BCUT2D eigenvalue weighted by molar-refractivity contribution is -0.320. The largest absolute Gasteiger partial charge is 0.523 e. The second kappa shape index (κ2) is 8.31. The van der Waals surface area contributed by atoms with Crippen LogP contribution in [-0.2, 0) is 9.53 Å². The molecule has 2 aromatic rings. The highest BCUT2D eigenvalue weighted by molar-refractivity contribution is 6.34. The van der Waals surface area contributed by atoms with Crippen LogP contribution in [0.15, 0.2) is 36.4 Å². The van der Waals surface area contributed by atoms with Gasteiger partial charge < -0.3 is 10.6 Å². The van der Waals surface area contributed by atoms with Crippen molar-refractivity contribution >= 4 is 34.8 Å². The maximum atomic E-state index is 14.4. The number of anilines is 2. The Hall–Kier alpha value is -2.72. The van der Waals surface area contributed by atoms with E-state index in [2.05, 4.69) is 10.1 Å². The molecular weight excluding hydrogens is 399 g/mol. The molecule has 0 bridgehead atoms. The number of halogens is 6. The second-order valence-corrected chi connectivity index (χ2v) is 5.41. The zero-order chi connectivity index (χ0) is 20.2. The van der Waals surface area contributed by atoms with Crippen molar-refractivity contribution in [2.45, 2.75) is 6.36 Å². The fraction of sp³-hybridized carbons (Fsp3) is 0.125. The molecule has 0 unspecified atom stereocenters. The van der Waals surface area contributed by atoms with Crippen LogP contribution in [0.1, 0.15) is 10.4 Å². The third kappa shape index (κ3) is 5.63. The normalized spacial score (nSPS) is 11.2. The van der Waals surface area contributed by atoms with Gasteiger partial charge in [0.15, 0.2) is 5.82 Å². The number of alkyl halides is 3. The molecule has 0 spiro atoms. The topological polar surface area (TPSA) is 67.4 Å². The van der Waals surface area contributed by atoms with Crippen molar-refractivity contribution in [2.24, 2.45) is 0 Å². The quantitative estimate of drug-likeness (QED) is 0.723. The standard InChI is InChI=1S/C16H10ClF5N2O3/c17-9-4-2-1-3-8(9)15(26)23-11-6-5-10(18)14(13(11)19)24-12(25)7-27-16(20,21)22/h1-6H,7H2,(H,23,26)(H,24,25). The smallest absolute Gasteiger partial charge is 0.319 e. The van der Waals surface area contributed by atoms with Crippen molar-refractivity contribution in [3.8, 4) is 0 Å². The van der Waals surface area contributed by atoms with Gasteiger partial charge in [0.1, 0.15) is 18.1 Å². The van der Waals surface area contributed by atoms with E-state index in [1.807, 2.05) is 0 Å². The summed E-state index contributed by atoms with van der Waals surface area (Å²) >= 11 is 5.84. The Kier molecular flexibility index (Phi) is 6.34. The number of benzene rings is 2. The molecule has 0 saturated carbocycles. The summed E-state index contributed by atoms with van der Waals surface area (Å²) in [5.41, 5.74) is -1.55. The summed E-state index contributed by atoms with van der Waals surface area (Å²) in [6, 6.07) is 7.44. The van der Waals surface area contributed by atoms with Crippen LogP contribution in [-0.4, -0.2) is 24.8 Å². The van der Waals surface area contributed by atoms with Gasteiger partial charge in [-0.25, -0.2) is 8.78 Å². The molecule has 2 aromatic carbocycles. The number of carbonyl (C=O) groups excluding carboxylic acids is 2. The zero-order valence-corrected chi connectivity index (χ0v) is 13.9. The summed E-state index contributed by atoms with van der Waals surface area (Å²) in [5, 5.41) is 3.84. The van der Waals surface area contributed by atoms with E-state index in [0.717, 1.165) is 6.07 Å². The molecule has 0 fully saturated rings. The van der Waals surface area contributed by atoms with Crippen LogP contribution in [0.5, 0.6) is 0 Å². The lowest BCUT2D eigenvalue weighted by atomic mass is 10.2. The first-order valence-corrected chi connectivity index (χ1v) is 7.50. The van der Waals surface area contributed by atoms with Crippen molar-refractivity contribution in [1.82, 2.24) is 0 Å². The molecule has 144 valence electrons. The number of ether oxygens (including phenoxy) is 1. The van der Waals surface area contributed by atoms with Gasteiger partial charge in [-0.15, -0.1) is 13.2 Å². The van der Waals surface area contributed by atoms with E-state index in [9.17, 15) is 31.5 Å².